The number of benzene rings is 1. The average Bonchev–Trinajstić information content (AvgIpc) is 3.12. The van der Waals surface area contributed by atoms with Gasteiger partial charge >= 0.3 is 0 Å². The van der Waals surface area contributed by atoms with Crippen molar-refractivity contribution < 1.29 is 14.3 Å². The van der Waals surface area contributed by atoms with E-state index in [0.29, 0.717) is 18.2 Å². The van der Waals surface area contributed by atoms with Crippen molar-refractivity contribution >= 4 is 11.9 Å². The summed E-state index contributed by atoms with van der Waals surface area (Å²) in [5, 5.41) is 3.38. The van der Waals surface area contributed by atoms with Gasteiger partial charge in [-0.2, -0.15) is 0 Å². The van der Waals surface area contributed by atoms with Crippen molar-refractivity contribution in [2.24, 2.45) is 10.9 Å². The summed E-state index contributed by atoms with van der Waals surface area (Å²) in [5.74, 6) is 2.12. The highest BCUT2D eigenvalue weighted by Crippen LogP contribution is 2.18. The summed E-state index contributed by atoms with van der Waals surface area (Å²) in [6.45, 7) is 6.27. The molecule has 1 unspecified atom stereocenters. The van der Waals surface area contributed by atoms with Gasteiger partial charge in [-0.1, -0.05) is 12.1 Å². The Morgan fingerprint density at radius 3 is 2.93 bits per heavy atom. The molecule has 7 heteroatoms. The summed E-state index contributed by atoms with van der Waals surface area (Å²) in [5.41, 5.74) is 1.05. The molecule has 1 atom stereocenters. The van der Waals surface area contributed by atoms with Crippen LogP contribution in [0, 0.1) is 5.92 Å². The largest absolute Gasteiger partial charge is 0.484 e. The normalized spacial score (nSPS) is 17.1. The van der Waals surface area contributed by atoms with Crippen LogP contribution in [0.2, 0.25) is 0 Å². The third-order valence-electron chi connectivity index (χ3n) is 4.49. The van der Waals surface area contributed by atoms with E-state index >= 15 is 0 Å². The van der Waals surface area contributed by atoms with Crippen molar-refractivity contribution in [3.05, 3.63) is 29.8 Å². The molecule has 1 heterocycles. The van der Waals surface area contributed by atoms with Crippen LogP contribution >= 0.6 is 0 Å². The zero-order valence-electron chi connectivity index (χ0n) is 16.9. The number of amides is 1. The second-order valence-electron chi connectivity index (χ2n) is 6.95. The number of methoxy groups -OCH3 is 1. The molecule has 0 bridgehead atoms. The number of likely N-dealkylation sites (N-methyl/N-ethyl adjacent to an activating group) is 1. The molecule has 0 radical (unpaired) electrons. The van der Waals surface area contributed by atoms with E-state index in [2.05, 4.69) is 17.1 Å². The van der Waals surface area contributed by atoms with Crippen LogP contribution in [0.4, 0.5) is 0 Å². The van der Waals surface area contributed by atoms with Crippen LogP contribution in [0.5, 0.6) is 5.75 Å². The van der Waals surface area contributed by atoms with Gasteiger partial charge in [-0.05, 0) is 31.0 Å². The fraction of sp³-hybridized carbons (Fsp3) is 0.600. The van der Waals surface area contributed by atoms with E-state index in [4.69, 9.17) is 14.5 Å². The van der Waals surface area contributed by atoms with E-state index in [1.54, 1.807) is 21.2 Å². The lowest BCUT2D eigenvalue weighted by molar-refractivity contribution is -0.130. The van der Waals surface area contributed by atoms with Gasteiger partial charge in [0.25, 0.3) is 5.91 Å². The number of nitrogens with zero attached hydrogens (tertiary/aromatic N) is 3. The summed E-state index contributed by atoms with van der Waals surface area (Å²) in [4.78, 5) is 20.3. The number of aliphatic imine (C=N–C) groups is 1. The number of carbonyl (C=O) groups is 1. The third-order valence-corrected chi connectivity index (χ3v) is 4.49. The Bertz CT molecular complexity index is 633. The first-order valence-electron chi connectivity index (χ1n) is 9.47. The molecule has 0 spiro atoms. The minimum Gasteiger partial charge on any atom is -0.484 e. The van der Waals surface area contributed by atoms with Crippen LogP contribution in [0.15, 0.2) is 29.3 Å². The summed E-state index contributed by atoms with van der Waals surface area (Å²) < 4.78 is 10.9. The first-order valence-corrected chi connectivity index (χ1v) is 9.47. The zero-order chi connectivity index (χ0) is 19.6. The summed E-state index contributed by atoms with van der Waals surface area (Å²) in [6.07, 6.45) is 1.13. The highest BCUT2D eigenvalue weighted by atomic mass is 16.5. The first kappa shape index (κ1) is 21.0. The molecule has 1 fully saturated rings. The molecule has 1 aliphatic heterocycles. The van der Waals surface area contributed by atoms with Crippen LogP contribution in [0.3, 0.4) is 0 Å². The van der Waals surface area contributed by atoms with Crippen molar-refractivity contribution in [3.63, 3.8) is 0 Å². The van der Waals surface area contributed by atoms with Crippen molar-refractivity contribution in [1.82, 2.24) is 15.1 Å². The van der Waals surface area contributed by atoms with Gasteiger partial charge < -0.3 is 24.6 Å². The van der Waals surface area contributed by atoms with Crippen molar-refractivity contribution in [2.45, 2.75) is 19.9 Å². The van der Waals surface area contributed by atoms with Crippen LogP contribution < -0.4 is 10.1 Å². The fourth-order valence-corrected chi connectivity index (χ4v) is 3.00. The first-order chi connectivity index (χ1) is 13.0. The Balaban J connectivity index is 1.97. The minimum absolute atomic E-state index is 0.0387. The molecular formula is C20H32N4O3. The lowest BCUT2D eigenvalue weighted by Crippen LogP contribution is -2.40. The number of carbonyl (C=O) groups excluding carboxylic acids is 1. The van der Waals surface area contributed by atoms with Gasteiger partial charge in [0.15, 0.2) is 12.6 Å². The quantitative estimate of drug-likeness (QED) is 0.551. The van der Waals surface area contributed by atoms with E-state index in [-0.39, 0.29) is 12.5 Å². The molecule has 0 aromatic heterocycles. The Morgan fingerprint density at radius 2 is 2.22 bits per heavy atom. The van der Waals surface area contributed by atoms with Crippen molar-refractivity contribution in [3.8, 4) is 5.75 Å². The molecule has 2 rings (SSSR count). The molecule has 0 saturated carbocycles. The predicted molar refractivity (Wildman–Crippen MR) is 107 cm³/mol. The Kier molecular flexibility index (Phi) is 8.39. The molecule has 1 amide bonds. The highest BCUT2D eigenvalue weighted by Gasteiger charge is 2.24. The predicted octanol–water partition coefficient (Wildman–Crippen LogP) is 1.59. The number of guanidine groups is 1. The molecule has 27 heavy (non-hydrogen) atoms. The molecule has 0 aliphatic carbocycles. The van der Waals surface area contributed by atoms with E-state index in [1.165, 1.54) is 4.90 Å². The fourth-order valence-electron chi connectivity index (χ4n) is 3.00. The van der Waals surface area contributed by atoms with Crippen molar-refractivity contribution in [2.75, 3.05) is 54.1 Å². The van der Waals surface area contributed by atoms with Crippen LogP contribution in [-0.4, -0.2) is 75.7 Å². The van der Waals surface area contributed by atoms with Crippen LogP contribution in [0.1, 0.15) is 18.9 Å². The van der Waals surface area contributed by atoms with Crippen molar-refractivity contribution in [1.29, 1.82) is 0 Å². The number of hydrogen-bond acceptors (Lipinski definition) is 4. The van der Waals surface area contributed by atoms with Crippen LogP contribution in [-0.2, 0) is 16.1 Å². The van der Waals surface area contributed by atoms with Gasteiger partial charge in [-0.3, -0.25) is 4.79 Å². The van der Waals surface area contributed by atoms with Gasteiger partial charge in [0.05, 0.1) is 13.2 Å². The van der Waals surface area contributed by atoms with Gasteiger partial charge in [-0.25, -0.2) is 4.99 Å². The second-order valence-corrected chi connectivity index (χ2v) is 6.95. The van der Waals surface area contributed by atoms with E-state index in [1.807, 2.05) is 24.3 Å². The summed E-state index contributed by atoms with van der Waals surface area (Å²) >= 11 is 0. The maximum Gasteiger partial charge on any atom is 0.259 e. The smallest absolute Gasteiger partial charge is 0.259 e. The number of likely N-dealkylation sites (tertiary alicyclic amines) is 1. The van der Waals surface area contributed by atoms with Crippen LogP contribution in [0.25, 0.3) is 0 Å². The second kappa shape index (κ2) is 10.8. The third kappa shape index (κ3) is 6.75. The standard InChI is InChI=1S/C20H32N4O3/c1-5-21-20(24-10-9-17(13-24)14-26-4)22-12-16-7-6-8-18(11-16)27-15-19(25)23(2)3/h6-8,11,17H,5,9-10,12-15H2,1-4H3,(H,21,22). The number of ether oxygens (including phenoxy) is 2. The van der Waals surface area contributed by atoms with Gasteiger partial charge in [-0.15, -0.1) is 0 Å². The topological polar surface area (TPSA) is 66.4 Å². The number of hydrogen-bond donors (Lipinski definition) is 1. The Hall–Kier alpha value is -2.28. The maximum atomic E-state index is 11.7. The monoisotopic (exact) mass is 376 g/mol. The van der Waals surface area contributed by atoms with Gasteiger partial charge in [0, 0.05) is 46.8 Å². The van der Waals surface area contributed by atoms with E-state index in [9.17, 15) is 4.79 Å². The molecular weight excluding hydrogens is 344 g/mol. The molecule has 7 nitrogen and oxygen atoms in total. The van der Waals surface area contributed by atoms with Gasteiger partial charge in [0.2, 0.25) is 0 Å². The van der Waals surface area contributed by atoms with Gasteiger partial charge in [0.1, 0.15) is 5.75 Å². The number of rotatable bonds is 8. The van der Waals surface area contributed by atoms with E-state index in [0.717, 1.165) is 44.2 Å². The molecule has 1 saturated heterocycles. The molecule has 1 aliphatic rings. The lowest BCUT2D eigenvalue weighted by atomic mass is 10.1. The summed E-state index contributed by atoms with van der Waals surface area (Å²) in [6, 6.07) is 7.74. The number of nitrogens with one attached hydrogen (secondary N) is 1. The molecule has 1 aromatic carbocycles. The zero-order valence-corrected chi connectivity index (χ0v) is 16.9. The Labute approximate surface area is 162 Å². The maximum absolute atomic E-state index is 11.7. The summed E-state index contributed by atoms with van der Waals surface area (Å²) in [7, 11) is 5.19. The molecule has 1 N–H and O–H groups in total. The SMILES string of the molecule is CCNC(=NCc1cccc(OCC(=O)N(C)C)c1)N1CCC(COC)C1. The molecule has 1 aromatic rings. The molecule has 150 valence electrons. The Morgan fingerprint density at radius 1 is 1.41 bits per heavy atom. The lowest BCUT2D eigenvalue weighted by Gasteiger charge is -2.21. The minimum atomic E-state index is -0.0625. The average molecular weight is 377 g/mol. The highest BCUT2D eigenvalue weighted by molar-refractivity contribution is 5.80. The van der Waals surface area contributed by atoms with E-state index < -0.39 is 0 Å².